The maximum absolute atomic E-state index is 5.58. The monoisotopic (exact) mass is 242 g/mol. The topological polar surface area (TPSA) is 34.1 Å². The predicted octanol–water partition coefficient (Wildman–Crippen LogP) is 2.66. The van der Waals surface area contributed by atoms with Crippen LogP contribution < -0.4 is 5.32 Å². The fourth-order valence-electron chi connectivity index (χ4n) is 1.33. The Bertz CT molecular complexity index is 290. The van der Waals surface area contributed by atoms with Crippen molar-refractivity contribution in [2.75, 3.05) is 13.2 Å². The lowest BCUT2D eigenvalue weighted by atomic mass is 10.3. The molecular formula is C12H22N2OS. The molecule has 16 heavy (non-hydrogen) atoms. The Morgan fingerprint density at radius 2 is 2.12 bits per heavy atom. The van der Waals surface area contributed by atoms with E-state index in [4.69, 9.17) is 4.74 Å². The van der Waals surface area contributed by atoms with Gasteiger partial charge in [-0.3, -0.25) is 0 Å². The van der Waals surface area contributed by atoms with E-state index in [1.54, 1.807) is 11.3 Å². The zero-order valence-corrected chi connectivity index (χ0v) is 11.5. The number of aryl methyl sites for hydroxylation is 2. The van der Waals surface area contributed by atoms with Crippen molar-refractivity contribution in [2.45, 2.75) is 46.8 Å². The van der Waals surface area contributed by atoms with Crippen molar-refractivity contribution in [3.8, 4) is 0 Å². The molecule has 1 N–H and O–H groups in total. The molecule has 0 saturated heterocycles. The Morgan fingerprint density at radius 1 is 1.38 bits per heavy atom. The molecule has 0 radical (unpaired) electrons. The van der Waals surface area contributed by atoms with Crippen LogP contribution in [-0.2, 0) is 11.3 Å². The number of rotatable bonds is 7. The largest absolute Gasteiger partial charge is 0.374 e. The van der Waals surface area contributed by atoms with Gasteiger partial charge in [0.1, 0.15) is 5.01 Å². The third-order valence-corrected chi connectivity index (χ3v) is 3.36. The molecule has 0 aliphatic rings. The first-order valence-corrected chi connectivity index (χ1v) is 6.65. The van der Waals surface area contributed by atoms with Crippen LogP contribution in [0, 0.1) is 13.8 Å². The Labute approximate surface area is 102 Å². The zero-order chi connectivity index (χ0) is 12.0. The van der Waals surface area contributed by atoms with Gasteiger partial charge in [0.05, 0.1) is 12.3 Å². The van der Waals surface area contributed by atoms with Crippen molar-refractivity contribution in [3.63, 3.8) is 0 Å². The van der Waals surface area contributed by atoms with Crippen LogP contribution in [0.4, 0.5) is 0 Å². The van der Waals surface area contributed by atoms with Gasteiger partial charge in [0, 0.05) is 17.5 Å². The highest BCUT2D eigenvalue weighted by Gasteiger charge is 2.02. The molecule has 0 aromatic carbocycles. The standard InChI is InChI=1S/C12H22N2OS/c1-9(2)13-6-5-7-15-8-12-14-10(3)11(4)16-12/h9,13H,5-8H2,1-4H3. The normalized spacial score (nSPS) is 11.3. The third-order valence-electron chi connectivity index (χ3n) is 2.32. The van der Waals surface area contributed by atoms with Crippen molar-refractivity contribution < 1.29 is 4.74 Å². The lowest BCUT2D eigenvalue weighted by Gasteiger charge is -2.07. The van der Waals surface area contributed by atoms with E-state index in [1.165, 1.54) is 4.88 Å². The SMILES string of the molecule is Cc1nc(COCCCNC(C)C)sc1C. The first kappa shape index (κ1) is 13.6. The van der Waals surface area contributed by atoms with E-state index in [9.17, 15) is 0 Å². The van der Waals surface area contributed by atoms with Crippen molar-refractivity contribution in [1.29, 1.82) is 0 Å². The molecule has 0 unspecified atom stereocenters. The van der Waals surface area contributed by atoms with Crippen molar-refractivity contribution in [1.82, 2.24) is 10.3 Å². The van der Waals surface area contributed by atoms with Gasteiger partial charge in [0.15, 0.2) is 0 Å². The maximum atomic E-state index is 5.58. The number of hydrogen-bond donors (Lipinski definition) is 1. The minimum absolute atomic E-state index is 0.560. The minimum atomic E-state index is 0.560. The molecule has 0 bridgehead atoms. The summed E-state index contributed by atoms with van der Waals surface area (Å²) >= 11 is 1.73. The lowest BCUT2D eigenvalue weighted by molar-refractivity contribution is 0.118. The first-order chi connectivity index (χ1) is 7.59. The second-order valence-electron chi connectivity index (χ2n) is 4.26. The third kappa shape index (κ3) is 5.05. The highest BCUT2D eigenvalue weighted by Crippen LogP contribution is 2.16. The molecule has 1 aromatic heterocycles. The minimum Gasteiger partial charge on any atom is -0.374 e. The van der Waals surface area contributed by atoms with Gasteiger partial charge in [-0.15, -0.1) is 11.3 Å². The smallest absolute Gasteiger partial charge is 0.119 e. The van der Waals surface area contributed by atoms with Crippen LogP contribution in [0.5, 0.6) is 0 Å². The molecule has 0 saturated carbocycles. The summed E-state index contributed by atoms with van der Waals surface area (Å²) in [4.78, 5) is 5.73. The Kier molecular flexibility index (Phi) is 5.95. The molecule has 1 rings (SSSR count). The van der Waals surface area contributed by atoms with Crippen LogP contribution in [0.1, 0.15) is 35.8 Å². The summed E-state index contributed by atoms with van der Waals surface area (Å²) in [5.74, 6) is 0. The molecule has 4 heteroatoms. The van der Waals surface area contributed by atoms with Crippen LogP contribution in [0.3, 0.4) is 0 Å². The summed E-state index contributed by atoms with van der Waals surface area (Å²) < 4.78 is 5.58. The zero-order valence-electron chi connectivity index (χ0n) is 10.7. The molecule has 0 spiro atoms. The van der Waals surface area contributed by atoms with Gasteiger partial charge >= 0.3 is 0 Å². The first-order valence-electron chi connectivity index (χ1n) is 5.83. The van der Waals surface area contributed by atoms with Gasteiger partial charge in [-0.1, -0.05) is 13.8 Å². The molecule has 0 amide bonds. The molecule has 1 heterocycles. The van der Waals surface area contributed by atoms with Gasteiger partial charge in [-0.2, -0.15) is 0 Å². The second-order valence-corrected chi connectivity index (χ2v) is 5.55. The number of hydrogen-bond acceptors (Lipinski definition) is 4. The van der Waals surface area contributed by atoms with E-state index < -0.39 is 0 Å². The van der Waals surface area contributed by atoms with E-state index in [0.717, 1.165) is 30.3 Å². The molecule has 0 aliphatic carbocycles. The predicted molar refractivity (Wildman–Crippen MR) is 69.0 cm³/mol. The number of nitrogens with zero attached hydrogens (tertiary/aromatic N) is 1. The molecule has 1 aromatic rings. The Morgan fingerprint density at radius 3 is 2.69 bits per heavy atom. The molecule has 92 valence electrons. The fraction of sp³-hybridized carbons (Fsp3) is 0.750. The van der Waals surface area contributed by atoms with Gasteiger partial charge in [0.2, 0.25) is 0 Å². The molecule has 0 atom stereocenters. The van der Waals surface area contributed by atoms with E-state index in [-0.39, 0.29) is 0 Å². The summed E-state index contributed by atoms with van der Waals surface area (Å²) in [5.41, 5.74) is 1.13. The molecule has 0 fully saturated rings. The second kappa shape index (κ2) is 6.99. The van der Waals surface area contributed by atoms with E-state index in [0.29, 0.717) is 12.6 Å². The summed E-state index contributed by atoms with van der Waals surface area (Å²) in [6, 6.07) is 0.560. The van der Waals surface area contributed by atoms with E-state index >= 15 is 0 Å². The van der Waals surface area contributed by atoms with Crippen molar-refractivity contribution >= 4 is 11.3 Å². The van der Waals surface area contributed by atoms with Gasteiger partial charge < -0.3 is 10.1 Å². The Hall–Kier alpha value is -0.450. The number of aromatic nitrogens is 1. The number of nitrogens with one attached hydrogen (secondary N) is 1. The van der Waals surface area contributed by atoms with Crippen molar-refractivity contribution in [2.24, 2.45) is 0 Å². The molecule has 3 nitrogen and oxygen atoms in total. The highest BCUT2D eigenvalue weighted by atomic mass is 32.1. The lowest BCUT2D eigenvalue weighted by Crippen LogP contribution is -2.24. The average molecular weight is 242 g/mol. The van der Waals surface area contributed by atoms with E-state index in [2.05, 4.69) is 31.1 Å². The fourth-order valence-corrected chi connectivity index (χ4v) is 2.20. The van der Waals surface area contributed by atoms with Crippen LogP contribution >= 0.6 is 11.3 Å². The summed E-state index contributed by atoms with van der Waals surface area (Å²) in [6.45, 7) is 10.9. The van der Waals surface area contributed by atoms with Crippen LogP contribution in [0.2, 0.25) is 0 Å². The van der Waals surface area contributed by atoms with Crippen LogP contribution in [0.15, 0.2) is 0 Å². The van der Waals surface area contributed by atoms with E-state index in [1.807, 2.05) is 6.92 Å². The highest BCUT2D eigenvalue weighted by molar-refractivity contribution is 7.11. The summed E-state index contributed by atoms with van der Waals surface area (Å²) in [7, 11) is 0. The number of thiazole rings is 1. The van der Waals surface area contributed by atoms with Crippen molar-refractivity contribution in [3.05, 3.63) is 15.6 Å². The molecule has 0 aliphatic heterocycles. The average Bonchev–Trinajstić information content (AvgIpc) is 2.52. The Balaban J connectivity index is 2.07. The van der Waals surface area contributed by atoms with Crippen LogP contribution in [-0.4, -0.2) is 24.2 Å². The van der Waals surface area contributed by atoms with Gasteiger partial charge in [0.25, 0.3) is 0 Å². The van der Waals surface area contributed by atoms with Crippen LogP contribution in [0.25, 0.3) is 0 Å². The number of ether oxygens (including phenoxy) is 1. The maximum Gasteiger partial charge on any atom is 0.119 e. The molecular weight excluding hydrogens is 220 g/mol. The quantitative estimate of drug-likeness (QED) is 0.746. The van der Waals surface area contributed by atoms with Gasteiger partial charge in [-0.25, -0.2) is 4.98 Å². The van der Waals surface area contributed by atoms with Gasteiger partial charge in [-0.05, 0) is 26.8 Å². The summed E-state index contributed by atoms with van der Waals surface area (Å²) in [6.07, 6.45) is 1.06. The summed E-state index contributed by atoms with van der Waals surface area (Å²) in [5, 5.41) is 4.45.